The molecule has 0 aliphatic heterocycles. The average Bonchev–Trinajstić information content (AvgIpc) is 3.40. The highest BCUT2D eigenvalue weighted by Crippen LogP contribution is 2.41. The Morgan fingerprint density at radius 3 is 2.54 bits per heavy atom. The number of halogens is 1. The Balaban J connectivity index is 1.85. The highest BCUT2D eigenvalue weighted by atomic mass is 35.5. The van der Waals surface area contributed by atoms with Gasteiger partial charge in [0.05, 0.1) is 22.2 Å². The highest BCUT2D eigenvalue weighted by molar-refractivity contribution is 6.30. The lowest BCUT2D eigenvalue weighted by atomic mass is 10.1. The number of aromatic nitrogens is 3. The van der Waals surface area contributed by atoms with Crippen molar-refractivity contribution >= 4 is 34.2 Å². The summed E-state index contributed by atoms with van der Waals surface area (Å²) in [6, 6.07) is 7.41. The lowest BCUT2D eigenvalue weighted by Gasteiger charge is -2.20. The molecule has 1 N–H and O–H groups in total. The number of hydrogen-bond donors (Lipinski definition) is 1. The third-order valence-electron chi connectivity index (χ3n) is 5.14. The van der Waals surface area contributed by atoms with E-state index < -0.39 is 0 Å². The van der Waals surface area contributed by atoms with E-state index >= 15 is 0 Å². The van der Waals surface area contributed by atoms with E-state index in [4.69, 9.17) is 21.7 Å². The van der Waals surface area contributed by atoms with Gasteiger partial charge < -0.3 is 5.32 Å². The maximum Gasteiger partial charge on any atom is 0.256 e. The predicted octanol–water partition coefficient (Wildman–Crippen LogP) is 5.59. The number of carbonyl (C=O) groups is 1. The number of nitrogens with zero attached hydrogens (tertiary/aromatic N) is 3. The maximum atomic E-state index is 13.3. The first-order chi connectivity index (χ1) is 13.1. The van der Waals surface area contributed by atoms with Crippen LogP contribution in [0.2, 0.25) is 5.02 Å². The number of amides is 1. The molecule has 0 spiro atoms. The molecule has 1 aliphatic rings. The van der Waals surface area contributed by atoms with Crippen molar-refractivity contribution in [1.82, 2.24) is 14.8 Å². The van der Waals surface area contributed by atoms with E-state index in [1.54, 1.807) is 6.07 Å². The molecule has 1 saturated carbocycles. The average molecular weight is 397 g/mol. The zero-order chi connectivity index (χ0) is 20.2. The minimum Gasteiger partial charge on any atom is -0.322 e. The van der Waals surface area contributed by atoms with Gasteiger partial charge in [0.15, 0.2) is 5.65 Å². The summed E-state index contributed by atoms with van der Waals surface area (Å²) in [6.07, 6.45) is 2.25. The van der Waals surface area contributed by atoms with E-state index in [-0.39, 0.29) is 11.4 Å². The number of rotatable bonds is 3. The zero-order valence-electron chi connectivity index (χ0n) is 16.9. The normalized spacial score (nSPS) is 14.5. The highest BCUT2D eigenvalue weighted by Gasteiger charge is 2.30. The van der Waals surface area contributed by atoms with Crippen LogP contribution >= 0.6 is 11.6 Å². The lowest BCUT2D eigenvalue weighted by molar-refractivity contribution is 0.102. The molecular formula is C22H25ClN4O. The summed E-state index contributed by atoms with van der Waals surface area (Å²) in [5, 5.41) is 9.24. The molecule has 0 unspecified atom stereocenters. The minimum atomic E-state index is -0.220. The molecule has 1 aromatic carbocycles. The van der Waals surface area contributed by atoms with E-state index in [0.717, 1.165) is 46.5 Å². The second kappa shape index (κ2) is 6.59. The van der Waals surface area contributed by atoms with Gasteiger partial charge in [0, 0.05) is 22.3 Å². The fraction of sp³-hybridized carbons (Fsp3) is 0.409. The van der Waals surface area contributed by atoms with Gasteiger partial charge in [-0.05, 0) is 77.3 Å². The number of nitrogens with one attached hydrogen (secondary N) is 1. The Labute approximate surface area is 170 Å². The molecule has 1 amide bonds. The summed E-state index contributed by atoms with van der Waals surface area (Å²) in [5.41, 5.74) is 4.68. The molecule has 5 nitrogen and oxygen atoms in total. The third-order valence-corrected chi connectivity index (χ3v) is 5.38. The van der Waals surface area contributed by atoms with Gasteiger partial charge in [-0.1, -0.05) is 11.6 Å². The second-order valence-electron chi connectivity index (χ2n) is 8.65. The van der Waals surface area contributed by atoms with Crippen LogP contribution in [0.25, 0.3) is 11.0 Å². The van der Waals surface area contributed by atoms with E-state index in [2.05, 4.69) is 26.1 Å². The molecule has 28 heavy (non-hydrogen) atoms. The van der Waals surface area contributed by atoms with E-state index in [1.165, 1.54) is 0 Å². The van der Waals surface area contributed by atoms with Gasteiger partial charge in [0.1, 0.15) is 0 Å². The SMILES string of the molecule is Cc1cc(Cl)ccc1NC(=O)c1cc(C2CC2)nc2c1c(C)nn2C(C)(C)C. The van der Waals surface area contributed by atoms with Crippen LogP contribution in [0.3, 0.4) is 0 Å². The number of anilines is 1. The smallest absolute Gasteiger partial charge is 0.256 e. The molecule has 6 heteroatoms. The van der Waals surface area contributed by atoms with E-state index in [9.17, 15) is 4.79 Å². The number of fused-ring (bicyclic) bond motifs is 1. The Hall–Kier alpha value is -2.40. The van der Waals surface area contributed by atoms with Crippen molar-refractivity contribution in [3.63, 3.8) is 0 Å². The Morgan fingerprint density at radius 1 is 1.21 bits per heavy atom. The fourth-order valence-electron chi connectivity index (χ4n) is 3.50. The monoisotopic (exact) mass is 396 g/mol. The van der Waals surface area contributed by atoms with Crippen LogP contribution in [0.5, 0.6) is 0 Å². The van der Waals surface area contributed by atoms with Gasteiger partial charge in [-0.15, -0.1) is 0 Å². The number of benzene rings is 1. The Morgan fingerprint density at radius 2 is 1.93 bits per heavy atom. The van der Waals surface area contributed by atoms with Crippen LogP contribution < -0.4 is 5.32 Å². The van der Waals surface area contributed by atoms with Crippen molar-refractivity contribution < 1.29 is 4.79 Å². The van der Waals surface area contributed by atoms with Gasteiger partial charge in [0.25, 0.3) is 5.91 Å². The zero-order valence-corrected chi connectivity index (χ0v) is 17.7. The first-order valence-electron chi connectivity index (χ1n) is 9.63. The summed E-state index contributed by atoms with van der Waals surface area (Å²) in [4.78, 5) is 18.2. The van der Waals surface area contributed by atoms with E-state index in [0.29, 0.717) is 16.5 Å². The third kappa shape index (κ3) is 3.39. The van der Waals surface area contributed by atoms with Gasteiger partial charge in [-0.3, -0.25) is 4.79 Å². The van der Waals surface area contributed by atoms with Crippen LogP contribution in [-0.4, -0.2) is 20.7 Å². The minimum absolute atomic E-state index is 0.142. The van der Waals surface area contributed by atoms with Crippen LogP contribution in [0, 0.1) is 13.8 Å². The van der Waals surface area contributed by atoms with E-state index in [1.807, 2.05) is 36.7 Å². The van der Waals surface area contributed by atoms with Crippen LogP contribution in [0.15, 0.2) is 24.3 Å². The molecule has 2 heterocycles. The molecule has 2 aromatic heterocycles. The van der Waals surface area contributed by atoms with Gasteiger partial charge >= 0.3 is 0 Å². The standard InChI is InChI=1S/C22H25ClN4O/c1-12-10-15(23)8-9-17(12)25-21(28)16-11-18(14-6-7-14)24-20-19(16)13(2)26-27(20)22(3,4)5/h8-11,14H,6-7H2,1-5H3,(H,25,28). The largest absolute Gasteiger partial charge is 0.322 e. The molecule has 3 aromatic rings. The van der Waals surface area contributed by atoms with Crippen LogP contribution in [-0.2, 0) is 5.54 Å². The number of aryl methyl sites for hydroxylation is 2. The lowest BCUT2D eigenvalue weighted by Crippen LogP contribution is -2.23. The molecule has 0 radical (unpaired) electrons. The molecule has 4 rings (SSSR count). The number of pyridine rings is 1. The second-order valence-corrected chi connectivity index (χ2v) is 9.09. The molecule has 0 bridgehead atoms. The van der Waals surface area contributed by atoms with Gasteiger partial charge in [-0.25, -0.2) is 9.67 Å². The van der Waals surface area contributed by atoms with Crippen molar-refractivity contribution in [2.24, 2.45) is 0 Å². The van der Waals surface area contributed by atoms with Crippen molar-refractivity contribution in [3.8, 4) is 0 Å². The Bertz CT molecular complexity index is 1090. The fourth-order valence-corrected chi connectivity index (χ4v) is 3.73. The van der Waals surface area contributed by atoms with Crippen molar-refractivity contribution in [2.45, 2.75) is 58.9 Å². The van der Waals surface area contributed by atoms with Crippen molar-refractivity contribution in [3.05, 3.63) is 51.8 Å². The summed E-state index contributed by atoms with van der Waals surface area (Å²) in [7, 11) is 0. The van der Waals surface area contributed by atoms with Gasteiger partial charge in [-0.2, -0.15) is 5.10 Å². The summed E-state index contributed by atoms with van der Waals surface area (Å²) in [5.74, 6) is 0.299. The first-order valence-corrected chi connectivity index (χ1v) is 10.0. The van der Waals surface area contributed by atoms with Crippen LogP contribution in [0.1, 0.15) is 66.8 Å². The molecule has 146 valence electrons. The maximum absolute atomic E-state index is 13.3. The molecule has 0 atom stereocenters. The number of carbonyl (C=O) groups excluding carboxylic acids is 1. The summed E-state index contributed by atoms with van der Waals surface area (Å²) >= 11 is 6.05. The van der Waals surface area contributed by atoms with Gasteiger partial charge in [0.2, 0.25) is 0 Å². The molecular weight excluding hydrogens is 372 g/mol. The Kier molecular flexibility index (Phi) is 4.46. The van der Waals surface area contributed by atoms with Crippen LogP contribution in [0.4, 0.5) is 5.69 Å². The van der Waals surface area contributed by atoms with Crippen molar-refractivity contribution in [2.75, 3.05) is 5.32 Å². The van der Waals surface area contributed by atoms with Crippen molar-refractivity contribution in [1.29, 1.82) is 0 Å². The first kappa shape index (κ1) is 18.9. The predicted molar refractivity (Wildman–Crippen MR) is 113 cm³/mol. The summed E-state index contributed by atoms with van der Waals surface area (Å²) < 4.78 is 1.94. The quantitative estimate of drug-likeness (QED) is 0.628. The molecule has 0 saturated heterocycles. The topological polar surface area (TPSA) is 59.8 Å². The molecule has 1 aliphatic carbocycles. The number of hydrogen-bond acceptors (Lipinski definition) is 3. The molecule has 1 fully saturated rings. The summed E-state index contributed by atoms with van der Waals surface area (Å²) in [6.45, 7) is 10.2.